The average molecular weight is 532 g/mol. The first-order valence-corrected chi connectivity index (χ1v) is 14.4. The van der Waals surface area contributed by atoms with Gasteiger partial charge in [-0.15, -0.1) is 0 Å². The molecule has 3 rings (SSSR count). The first-order valence-electron chi connectivity index (χ1n) is 14.4. The second-order valence-corrected chi connectivity index (χ2v) is 10.4. The zero-order chi connectivity index (χ0) is 28.5. The molecule has 0 saturated carbocycles. The number of hydrogen-bond donors (Lipinski definition) is 0. The van der Waals surface area contributed by atoms with Crippen LogP contribution in [0.3, 0.4) is 0 Å². The fraction of sp³-hybridized carbons (Fsp3) is 0.500. The van der Waals surface area contributed by atoms with Gasteiger partial charge in [0.1, 0.15) is 0 Å². The summed E-state index contributed by atoms with van der Waals surface area (Å²) < 4.78 is 9.26. The Bertz CT molecular complexity index is 1330. The van der Waals surface area contributed by atoms with Crippen LogP contribution in [0.5, 0.6) is 0 Å². The molecule has 0 aliphatic heterocycles. The summed E-state index contributed by atoms with van der Waals surface area (Å²) in [5.74, 6) is 0.0622. The molecule has 0 spiro atoms. The SMILES string of the molecule is CCCCc1ccc(C(C)C)n1/N=C(\C)c1cccc(/C(C)=N/n2c(CCCC)cc(C(=O)OCC)c2C)n1. The van der Waals surface area contributed by atoms with E-state index < -0.39 is 0 Å². The number of pyridine rings is 1. The van der Waals surface area contributed by atoms with Crippen LogP contribution in [0.15, 0.2) is 46.6 Å². The largest absolute Gasteiger partial charge is 0.462 e. The van der Waals surface area contributed by atoms with Crippen LogP contribution in [0.2, 0.25) is 0 Å². The minimum Gasteiger partial charge on any atom is -0.462 e. The molecule has 3 aromatic rings. The van der Waals surface area contributed by atoms with Crippen molar-refractivity contribution < 1.29 is 9.53 Å². The van der Waals surface area contributed by atoms with Crippen molar-refractivity contribution in [1.29, 1.82) is 0 Å². The van der Waals surface area contributed by atoms with Crippen molar-refractivity contribution in [2.75, 3.05) is 6.61 Å². The second-order valence-electron chi connectivity index (χ2n) is 10.4. The van der Waals surface area contributed by atoms with Gasteiger partial charge in [-0.1, -0.05) is 46.6 Å². The standard InChI is InChI=1S/C32H45N5O2/c1-9-12-15-26-19-20-31(22(4)5)37(26)35-24(7)30-18-14-17-29(33-30)23(6)34-36-25(8)28(32(38)39-11-3)21-27(36)16-13-10-2/h14,17-22H,9-13,15-16H2,1-8H3/b34-23+,35-24+. The third-order valence-electron chi connectivity index (χ3n) is 6.90. The number of ether oxygens (including phenoxy) is 1. The zero-order valence-corrected chi connectivity index (χ0v) is 25.0. The van der Waals surface area contributed by atoms with Crippen molar-refractivity contribution in [1.82, 2.24) is 14.3 Å². The van der Waals surface area contributed by atoms with Crippen molar-refractivity contribution in [3.8, 4) is 0 Å². The van der Waals surface area contributed by atoms with E-state index >= 15 is 0 Å². The number of hydrogen-bond acceptors (Lipinski definition) is 5. The third-order valence-corrected chi connectivity index (χ3v) is 6.90. The molecule has 0 radical (unpaired) electrons. The van der Waals surface area contributed by atoms with Crippen molar-refractivity contribution in [2.24, 2.45) is 10.2 Å². The summed E-state index contributed by atoms with van der Waals surface area (Å²) in [7, 11) is 0. The van der Waals surface area contributed by atoms with Crippen molar-refractivity contribution in [3.63, 3.8) is 0 Å². The van der Waals surface area contributed by atoms with Crippen LogP contribution >= 0.6 is 0 Å². The zero-order valence-electron chi connectivity index (χ0n) is 25.0. The molecule has 0 saturated heterocycles. The smallest absolute Gasteiger partial charge is 0.340 e. The summed E-state index contributed by atoms with van der Waals surface area (Å²) in [6, 6.07) is 12.3. The van der Waals surface area contributed by atoms with Gasteiger partial charge in [-0.05, 0) is 89.6 Å². The molecular formula is C32H45N5O2. The quantitative estimate of drug-likeness (QED) is 0.169. The monoisotopic (exact) mass is 531 g/mol. The van der Waals surface area contributed by atoms with E-state index in [0.717, 1.165) is 72.7 Å². The Labute approximate surface area is 234 Å². The van der Waals surface area contributed by atoms with Crippen molar-refractivity contribution in [2.45, 2.75) is 99.8 Å². The predicted molar refractivity (Wildman–Crippen MR) is 160 cm³/mol. The molecule has 0 fully saturated rings. The Balaban J connectivity index is 1.99. The number of carbonyl (C=O) groups excluding carboxylic acids is 1. The van der Waals surface area contributed by atoms with Crippen molar-refractivity contribution >= 4 is 17.4 Å². The highest BCUT2D eigenvalue weighted by molar-refractivity contribution is 6.00. The molecule has 0 aromatic carbocycles. The Kier molecular flexibility index (Phi) is 10.8. The Morgan fingerprint density at radius 3 is 2.05 bits per heavy atom. The molecule has 39 heavy (non-hydrogen) atoms. The maximum atomic E-state index is 12.5. The number of esters is 1. The summed E-state index contributed by atoms with van der Waals surface area (Å²) in [5, 5.41) is 9.95. The lowest BCUT2D eigenvalue weighted by molar-refractivity contribution is 0.0525. The van der Waals surface area contributed by atoms with E-state index in [1.54, 1.807) is 0 Å². The highest BCUT2D eigenvalue weighted by Gasteiger charge is 2.19. The predicted octanol–water partition coefficient (Wildman–Crippen LogP) is 7.52. The average Bonchev–Trinajstić information content (AvgIpc) is 3.46. The van der Waals surface area contributed by atoms with Gasteiger partial charge in [0, 0.05) is 17.1 Å². The molecule has 0 unspecified atom stereocenters. The Morgan fingerprint density at radius 1 is 0.897 bits per heavy atom. The molecule has 3 aromatic heterocycles. The van der Waals surface area contributed by atoms with Gasteiger partial charge in [-0.25, -0.2) is 19.1 Å². The van der Waals surface area contributed by atoms with E-state index in [2.05, 4.69) is 44.5 Å². The lowest BCUT2D eigenvalue weighted by atomic mass is 10.1. The molecule has 7 nitrogen and oxygen atoms in total. The number of carbonyl (C=O) groups is 1. The molecule has 0 N–H and O–H groups in total. The normalized spacial score (nSPS) is 12.4. The molecule has 0 bridgehead atoms. The van der Waals surface area contributed by atoms with Crippen LogP contribution in [0.25, 0.3) is 0 Å². The summed E-state index contributed by atoms with van der Waals surface area (Å²) in [4.78, 5) is 17.5. The first kappa shape index (κ1) is 30.1. The minimum atomic E-state index is -0.310. The number of nitrogens with zero attached hydrogens (tertiary/aromatic N) is 5. The van der Waals surface area contributed by atoms with E-state index in [1.165, 1.54) is 11.4 Å². The van der Waals surface area contributed by atoms with Crippen LogP contribution in [-0.4, -0.2) is 38.3 Å². The van der Waals surface area contributed by atoms with Crippen LogP contribution in [0.1, 0.15) is 125 Å². The van der Waals surface area contributed by atoms with E-state index in [4.69, 9.17) is 19.9 Å². The summed E-state index contributed by atoms with van der Waals surface area (Å²) in [6.45, 7) is 16.8. The number of rotatable bonds is 13. The fourth-order valence-electron chi connectivity index (χ4n) is 4.59. The number of unbranched alkanes of at least 4 members (excludes halogenated alkanes) is 2. The maximum absolute atomic E-state index is 12.5. The molecule has 0 aliphatic carbocycles. The topological polar surface area (TPSA) is 73.8 Å². The molecule has 0 amide bonds. The van der Waals surface area contributed by atoms with Crippen LogP contribution in [-0.2, 0) is 17.6 Å². The van der Waals surface area contributed by atoms with E-state index in [1.807, 2.05) is 56.6 Å². The number of aromatic nitrogens is 3. The lowest BCUT2D eigenvalue weighted by Crippen LogP contribution is -2.11. The van der Waals surface area contributed by atoms with Gasteiger partial charge in [-0.2, -0.15) is 10.2 Å². The minimum absolute atomic E-state index is 0.310. The van der Waals surface area contributed by atoms with Gasteiger partial charge in [0.05, 0.1) is 40.7 Å². The summed E-state index contributed by atoms with van der Waals surface area (Å²) in [6.07, 6.45) is 6.20. The van der Waals surface area contributed by atoms with Gasteiger partial charge in [0.15, 0.2) is 0 Å². The van der Waals surface area contributed by atoms with Crippen molar-refractivity contribution in [3.05, 3.63) is 76.1 Å². The molecule has 7 heteroatoms. The maximum Gasteiger partial charge on any atom is 0.340 e. The van der Waals surface area contributed by atoms with Gasteiger partial charge in [0.2, 0.25) is 0 Å². The number of aryl methyl sites for hydroxylation is 2. The second kappa shape index (κ2) is 14.1. The molecule has 0 aliphatic rings. The van der Waals surface area contributed by atoms with E-state index in [0.29, 0.717) is 18.1 Å². The highest BCUT2D eigenvalue weighted by Crippen LogP contribution is 2.22. The molecule has 210 valence electrons. The molecule has 3 heterocycles. The van der Waals surface area contributed by atoms with Gasteiger partial charge < -0.3 is 4.74 Å². The van der Waals surface area contributed by atoms with Crippen LogP contribution in [0, 0.1) is 6.92 Å². The fourth-order valence-corrected chi connectivity index (χ4v) is 4.59. The lowest BCUT2D eigenvalue weighted by Gasteiger charge is -2.13. The Hall–Kier alpha value is -3.48. The van der Waals surface area contributed by atoms with E-state index in [9.17, 15) is 4.79 Å². The summed E-state index contributed by atoms with van der Waals surface area (Å²) in [5.41, 5.74) is 7.99. The molecule has 0 atom stereocenters. The van der Waals surface area contributed by atoms with Crippen LogP contribution < -0.4 is 0 Å². The third kappa shape index (κ3) is 7.34. The first-order chi connectivity index (χ1) is 18.7. The van der Waals surface area contributed by atoms with Gasteiger partial charge in [-0.3, -0.25) is 0 Å². The van der Waals surface area contributed by atoms with Gasteiger partial charge >= 0.3 is 5.97 Å². The molecular weight excluding hydrogens is 486 g/mol. The van der Waals surface area contributed by atoms with E-state index in [-0.39, 0.29) is 5.97 Å². The Morgan fingerprint density at radius 2 is 1.49 bits per heavy atom. The summed E-state index contributed by atoms with van der Waals surface area (Å²) >= 11 is 0. The highest BCUT2D eigenvalue weighted by atomic mass is 16.5. The van der Waals surface area contributed by atoms with Crippen LogP contribution in [0.4, 0.5) is 0 Å². The van der Waals surface area contributed by atoms with Gasteiger partial charge in [0.25, 0.3) is 0 Å².